The highest BCUT2D eigenvalue weighted by Gasteiger charge is 2.10. The number of benzene rings is 3. The van der Waals surface area contributed by atoms with Crippen LogP contribution >= 0.6 is 11.6 Å². The number of fused-ring (bicyclic) bond motifs is 1. The second kappa shape index (κ2) is 12.4. The zero-order chi connectivity index (χ0) is 23.6. The van der Waals surface area contributed by atoms with Gasteiger partial charge in [-0.15, -0.1) is 0 Å². The molecule has 0 unspecified atom stereocenters. The van der Waals surface area contributed by atoms with Crippen molar-refractivity contribution in [3.63, 3.8) is 0 Å². The van der Waals surface area contributed by atoms with Crippen LogP contribution in [0.3, 0.4) is 0 Å². The van der Waals surface area contributed by atoms with E-state index in [0.717, 1.165) is 62.0 Å². The summed E-state index contributed by atoms with van der Waals surface area (Å²) in [6.45, 7) is 1.67. The van der Waals surface area contributed by atoms with Crippen LogP contribution < -0.4 is 5.32 Å². The van der Waals surface area contributed by atoms with Gasteiger partial charge >= 0.3 is 0 Å². The van der Waals surface area contributed by atoms with Gasteiger partial charge in [-0.3, -0.25) is 4.79 Å². The quantitative estimate of drug-likeness (QED) is 0.242. The molecule has 0 spiro atoms. The topological polar surface area (TPSA) is 46.9 Å². The number of imidazole rings is 1. The molecule has 0 aliphatic heterocycles. The van der Waals surface area contributed by atoms with Crippen molar-refractivity contribution in [1.29, 1.82) is 0 Å². The van der Waals surface area contributed by atoms with E-state index in [9.17, 15) is 4.79 Å². The van der Waals surface area contributed by atoms with Gasteiger partial charge in [0, 0.05) is 24.5 Å². The minimum absolute atomic E-state index is 0.0216. The molecule has 0 saturated heterocycles. The molecule has 4 nitrogen and oxygen atoms in total. The van der Waals surface area contributed by atoms with Crippen molar-refractivity contribution in [3.05, 3.63) is 101 Å². The molecule has 34 heavy (non-hydrogen) atoms. The third-order valence-corrected chi connectivity index (χ3v) is 6.50. The van der Waals surface area contributed by atoms with Gasteiger partial charge in [-0.05, 0) is 55.0 Å². The van der Waals surface area contributed by atoms with Crippen molar-refractivity contribution in [2.24, 2.45) is 0 Å². The standard InChI is InChI=1S/C29H32ClN3O/c30-25-16-7-6-15-24(25)22-29(34)31-20-10-2-5-19-28-32-26-17-8-9-18-27(26)33(28)21-11-14-23-12-3-1-4-13-23/h1,3-4,6-9,12-13,15-18H,2,5,10-11,14,19-22H2,(H,31,34). The first-order valence-corrected chi connectivity index (χ1v) is 12.6. The van der Waals surface area contributed by atoms with E-state index in [0.29, 0.717) is 18.0 Å². The van der Waals surface area contributed by atoms with Crippen LogP contribution in [0.5, 0.6) is 0 Å². The maximum Gasteiger partial charge on any atom is 0.224 e. The lowest BCUT2D eigenvalue weighted by Gasteiger charge is -2.10. The summed E-state index contributed by atoms with van der Waals surface area (Å²) in [6, 6.07) is 26.6. The summed E-state index contributed by atoms with van der Waals surface area (Å²) in [5, 5.41) is 3.66. The van der Waals surface area contributed by atoms with Crippen molar-refractivity contribution in [2.75, 3.05) is 6.54 Å². The van der Waals surface area contributed by atoms with E-state index >= 15 is 0 Å². The van der Waals surface area contributed by atoms with Gasteiger partial charge in [-0.1, -0.05) is 78.7 Å². The third-order valence-electron chi connectivity index (χ3n) is 6.13. The number of nitrogens with one attached hydrogen (secondary N) is 1. The van der Waals surface area contributed by atoms with Crippen LogP contribution in [-0.4, -0.2) is 22.0 Å². The second-order valence-corrected chi connectivity index (χ2v) is 9.09. The first kappa shape index (κ1) is 24.0. The van der Waals surface area contributed by atoms with Crippen LogP contribution in [0.4, 0.5) is 0 Å². The molecule has 0 saturated carbocycles. The number of unbranched alkanes of at least 4 members (excludes halogenated alkanes) is 2. The van der Waals surface area contributed by atoms with Gasteiger partial charge in [0.25, 0.3) is 0 Å². The Bertz CT molecular complexity index is 1200. The maximum absolute atomic E-state index is 12.2. The summed E-state index contributed by atoms with van der Waals surface area (Å²) in [4.78, 5) is 17.1. The highest BCUT2D eigenvalue weighted by molar-refractivity contribution is 6.31. The molecule has 176 valence electrons. The van der Waals surface area contributed by atoms with E-state index in [1.807, 2.05) is 24.3 Å². The highest BCUT2D eigenvalue weighted by atomic mass is 35.5. The summed E-state index contributed by atoms with van der Waals surface area (Å²) >= 11 is 6.15. The average molecular weight is 474 g/mol. The predicted octanol–water partition coefficient (Wildman–Crippen LogP) is 6.39. The Morgan fingerprint density at radius 3 is 2.44 bits per heavy atom. The summed E-state index contributed by atoms with van der Waals surface area (Å²) in [5.41, 5.74) is 4.54. The van der Waals surface area contributed by atoms with Crippen molar-refractivity contribution in [3.8, 4) is 0 Å². The van der Waals surface area contributed by atoms with Crippen LogP contribution in [-0.2, 0) is 30.6 Å². The SMILES string of the molecule is O=C(Cc1ccccc1Cl)NCCCCCc1nc2ccccc2n1CCCc1ccccc1. The van der Waals surface area contributed by atoms with Crippen LogP contribution in [0.25, 0.3) is 11.0 Å². The van der Waals surface area contributed by atoms with Crippen LogP contribution in [0.2, 0.25) is 5.02 Å². The molecule has 0 bridgehead atoms. The number of nitrogens with zero attached hydrogens (tertiary/aromatic N) is 2. The number of rotatable bonds is 12. The summed E-state index contributed by atoms with van der Waals surface area (Å²) < 4.78 is 2.39. The van der Waals surface area contributed by atoms with E-state index in [2.05, 4.69) is 64.5 Å². The van der Waals surface area contributed by atoms with Gasteiger partial charge < -0.3 is 9.88 Å². The molecule has 0 aliphatic carbocycles. The lowest BCUT2D eigenvalue weighted by molar-refractivity contribution is -0.120. The van der Waals surface area contributed by atoms with Gasteiger partial charge in [-0.25, -0.2) is 4.98 Å². The Kier molecular flexibility index (Phi) is 8.75. The van der Waals surface area contributed by atoms with Crippen molar-refractivity contribution in [2.45, 2.75) is 51.5 Å². The fraction of sp³-hybridized carbons (Fsp3) is 0.310. The highest BCUT2D eigenvalue weighted by Crippen LogP contribution is 2.19. The average Bonchev–Trinajstić information content (AvgIpc) is 3.21. The molecule has 1 N–H and O–H groups in total. The Hall–Kier alpha value is -3.11. The molecular formula is C29H32ClN3O. The van der Waals surface area contributed by atoms with Crippen LogP contribution in [0.1, 0.15) is 42.6 Å². The minimum Gasteiger partial charge on any atom is -0.356 e. The lowest BCUT2D eigenvalue weighted by atomic mass is 10.1. The lowest BCUT2D eigenvalue weighted by Crippen LogP contribution is -2.26. The molecule has 1 amide bonds. The number of para-hydroxylation sites is 2. The first-order valence-electron chi connectivity index (χ1n) is 12.2. The Balaban J connectivity index is 1.23. The van der Waals surface area contributed by atoms with E-state index < -0.39 is 0 Å². The molecule has 5 heteroatoms. The first-order chi connectivity index (χ1) is 16.7. The summed E-state index contributed by atoms with van der Waals surface area (Å²) in [6.07, 6.45) is 6.51. The molecule has 1 aromatic heterocycles. The Labute approximate surface area is 207 Å². The number of aryl methyl sites for hydroxylation is 3. The van der Waals surface area contributed by atoms with Gasteiger partial charge in [0.1, 0.15) is 5.82 Å². The molecule has 3 aromatic carbocycles. The molecule has 0 fully saturated rings. The van der Waals surface area contributed by atoms with Gasteiger partial charge in [0.05, 0.1) is 17.5 Å². The number of carbonyl (C=O) groups excluding carboxylic acids is 1. The van der Waals surface area contributed by atoms with Gasteiger partial charge in [0.2, 0.25) is 5.91 Å². The zero-order valence-electron chi connectivity index (χ0n) is 19.6. The third kappa shape index (κ3) is 6.71. The molecule has 4 aromatic rings. The molecule has 0 atom stereocenters. The predicted molar refractivity (Wildman–Crippen MR) is 140 cm³/mol. The van der Waals surface area contributed by atoms with Crippen LogP contribution in [0, 0.1) is 0 Å². The van der Waals surface area contributed by atoms with Crippen molar-refractivity contribution in [1.82, 2.24) is 14.9 Å². The summed E-state index contributed by atoms with van der Waals surface area (Å²) in [5.74, 6) is 1.19. The van der Waals surface area contributed by atoms with Gasteiger partial charge in [-0.2, -0.15) is 0 Å². The zero-order valence-corrected chi connectivity index (χ0v) is 20.3. The number of aromatic nitrogens is 2. The molecule has 1 heterocycles. The Morgan fingerprint density at radius 2 is 1.59 bits per heavy atom. The van der Waals surface area contributed by atoms with Crippen molar-refractivity contribution < 1.29 is 4.79 Å². The second-order valence-electron chi connectivity index (χ2n) is 8.69. The van der Waals surface area contributed by atoms with E-state index in [1.54, 1.807) is 0 Å². The number of halogens is 1. The minimum atomic E-state index is 0.0216. The normalized spacial score (nSPS) is 11.1. The molecule has 0 aliphatic rings. The van der Waals surface area contributed by atoms with E-state index in [4.69, 9.17) is 16.6 Å². The fourth-order valence-electron chi connectivity index (χ4n) is 4.34. The number of hydrogen-bond donors (Lipinski definition) is 1. The molecule has 4 rings (SSSR count). The van der Waals surface area contributed by atoms with Crippen LogP contribution in [0.15, 0.2) is 78.9 Å². The van der Waals surface area contributed by atoms with Crippen molar-refractivity contribution >= 4 is 28.5 Å². The number of carbonyl (C=O) groups is 1. The Morgan fingerprint density at radius 1 is 0.824 bits per heavy atom. The largest absolute Gasteiger partial charge is 0.356 e. The summed E-state index contributed by atoms with van der Waals surface area (Å²) in [7, 11) is 0. The van der Waals surface area contributed by atoms with E-state index in [-0.39, 0.29) is 5.91 Å². The number of hydrogen-bond acceptors (Lipinski definition) is 2. The fourth-order valence-corrected chi connectivity index (χ4v) is 4.54. The molecule has 0 radical (unpaired) electrons. The van der Waals surface area contributed by atoms with Gasteiger partial charge in [0.15, 0.2) is 0 Å². The smallest absolute Gasteiger partial charge is 0.224 e. The number of amides is 1. The maximum atomic E-state index is 12.2. The molecular weight excluding hydrogens is 442 g/mol. The van der Waals surface area contributed by atoms with E-state index in [1.165, 1.54) is 11.1 Å². The monoisotopic (exact) mass is 473 g/mol.